The Hall–Kier alpha value is -1.10. The van der Waals surface area contributed by atoms with Crippen molar-refractivity contribution < 1.29 is 9.59 Å². The zero-order valence-corrected chi connectivity index (χ0v) is 8.09. The summed E-state index contributed by atoms with van der Waals surface area (Å²) >= 11 is 0. The van der Waals surface area contributed by atoms with E-state index in [-0.39, 0.29) is 12.5 Å². The van der Waals surface area contributed by atoms with Gasteiger partial charge in [0.25, 0.3) is 0 Å². The second kappa shape index (κ2) is 6.42. The van der Waals surface area contributed by atoms with Gasteiger partial charge >= 0.3 is 0 Å². The first-order valence-electron chi connectivity index (χ1n) is 4.37. The van der Waals surface area contributed by atoms with E-state index in [0.717, 1.165) is 13.0 Å². The molecule has 0 aromatic carbocycles. The number of carbonyl (C=O) groups is 2. The molecule has 5 heteroatoms. The summed E-state index contributed by atoms with van der Waals surface area (Å²) in [4.78, 5) is 21.6. The fourth-order valence-electron chi connectivity index (χ4n) is 0.742. The average molecular weight is 187 g/mol. The highest BCUT2D eigenvalue weighted by atomic mass is 16.2. The first-order chi connectivity index (χ1) is 6.07. The molecule has 0 radical (unpaired) electrons. The van der Waals surface area contributed by atoms with E-state index in [1.54, 1.807) is 6.92 Å². The maximum Gasteiger partial charge on any atom is 0.239 e. The highest BCUT2D eigenvalue weighted by Crippen LogP contribution is 1.78. The Kier molecular flexibility index (Phi) is 5.88. The van der Waals surface area contributed by atoms with Crippen LogP contribution in [0.5, 0.6) is 0 Å². The molecule has 0 aromatic heterocycles. The van der Waals surface area contributed by atoms with Crippen molar-refractivity contribution in [2.75, 3.05) is 13.1 Å². The molecule has 2 amide bonds. The van der Waals surface area contributed by atoms with Gasteiger partial charge in [0, 0.05) is 0 Å². The molecule has 0 heterocycles. The lowest BCUT2D eigenvalue weighted by atomic mass is 10.3. The van der Waals surface area contributed by atoms with Gasteiger partial charge in [-0.25, -0.2) is 0 Å². The second-order valence-corrected chi connectivity index (χ2v) is 2.87. The lowest BCUT2D eigenvalue weighted by Crippen LogP contribution is -2.45. The summed E-state index contributed by atoms with van der Waals surface area (Å²) in [5.41, 5.74) is 4.97. The van der Waals surface area contributed by atoms with Crippen LogP contribution in [0.3, 0.4) is 0 Å². The predicted molar refractivity (Wildman–Crippen MR) is 50.0 cm³/mol. The molecule has 13 heavy (non-hydrogen) atoms. The third kappa shape index (κ3) is 6.10. The Morgan fingerprint density at radius 1 is 1.46 bits per heavy atom. The molecule has 0 bridgehead atoms. The van der Waals surface area contributed by atoms with Crippen LogP contribution in [0.15, 0.2) is 0 Å². The number of rotatable bonds is 6. The van der Waals surface area contributed by atoms with Gasteiger partial charge in [0.1, 0.15) is 6.04 Å². The van der Waals surface area contributed by atoms with Crippen molar-refractivity contribution in [2.24, 2.45) is 5.73 Å². The molecular weight excluding hydrogens is 170 g/mol. The number of amides is 2. The Bertz CT molecular complexity index is 182. The Labute approximate surface area is 78.1 Å². The maximum atomic E-state index is 11.1. The molecule has 5 nitrogen and oxygen atoms in total. The first-order valence-corrected chi connectivity index (χ1v) is 4.37. The molecule has 76 valence electrons. The first kappa shape index (κ1) is 11.9. The van der Waals surface area contributed by atoms with Crippen molar-refractivity contribution in [3.05, 3.63) is 0 Å². The average Bonchev–Trinajstić information content (AvgIpc) is 2.04. The maximum absolute atomic E-state index is 11.1. The molecule has 0 spiro atoms. The molecule has 0 aliphatic carbocycles. The highest BCUT2D eigenvalue weighted by Gasteiger charge is 2.10. The smallest absolute Gasteiger partial charge is 0.239 e. The van der Waals surface area contributed by atoms with Crippen molar-refractivity contribution in [1.29, 1.82) is 0 Å². The summed E-state index contributed by atoms with van der Waals surface area (Å²) < 4.78 is 0. The molecule has 0 aliphatic heterocycles. The van der Waals surface area contributed by atoms with Gasteiger partial charge in [0.2, 0.25) is 11.8 Å². The van der Waals surface area contributed by atoms with Crippen LogP contribution in [0.1, 0.15) is 20.3 Å². The number of carbonyl (C=O) groups excluding carboxylic acids is 2. The van der Waals surface area contributed by atoms with Gasteiger partial charge in [0.05, 0.1) is 6.54 Å². The highest BCUT2D eigenvalue weighted by molar-refractivity contribution is 5.86. The standard InChI is InChI=1S/C8H17N3O2/c1-3-4-10-5-7(12)11-6(2)8(9)13/h6,10H,3-5H2,1-2H3,(H2,9,13)(H,11,12). The largest absolute Gasteiger partial charge is 0.368 e. The molecule has 0 saturated heterocycles. The Morgan fingerprint density at radius 3 is 2.54 bits per heavy atom. The van der Waals surface area contributed by atoms with Crippen LogP contribution in [0, 0.1) is 0 Å². The number of hydrogen-bond donors (Lipinski definition) is 3. The van der Waals surface area contributed by atoms with Crippen LogP contribution in [0.4, 0.5) is 0 Å². The summed E-state index contributed by atoms with van der Waals surface area (Å²) in [5, 5.41) is 5.38. The summed E-state index contributed by atoms with van der Waals surface area (Å²) in [5.74, 6) is -0.733. The van der Waals surface area contributed by atoms with Crippen molar-refractivity contribution in [3.8, 4) is 0 Å². The minimum atomic E-state index is -0.601. The minimum Gasteiger partial charge on any atom is -0.368 e. The summed E-state index contributed by atoms with van der Waals surface area (Å²) in [7, 11) is 0. The Balaban J connectivity index is 3.56. The van der Waals surface area contributed by atoms with Crippen molar-refractivity contribution >= 4 is 11.8 Å². The van der Waals surface area contributed by atoms with Crippen molar-refractivity contribution in [2.45, 2.75) is 26.3 Å². The summed E-state index contributed by atoms with van der Waals surface area (Å²) in [6, 6.07) is -0.601. The van der Waals surface area contributed by atoms with Gasteiger partial charge in [-0.15, -0.1) is 0 Å². The van der Waals surface area contributed by atoms with Crippen molar-refractivity contribution in [3.63, 3.8) is 0 Å². The third-order valence-electron chi connectivity index (χ3n) is 1.52. The van der Waals surface area contributed by atoms with E-state index < -0.39 is 11.9 Å². The van der Waals surface area contributed by atoms with Gasteiger partial charge in [-0.3, -0.25) is 9.59 Å². The predicted octanol–water partition coefficient (Wildman–Crippen LogP) is -1.02. The van der Waals surface area contributed by atoms with Gasteiger partial charge in [-0.2, -0.15) is 0 Å². The number of hydrogen-bond acceptors (Lipinski definition) is 3. The van der Waals surface area contributed by atoms with Gasteiger partial charge < -0.3 is 16.4 Å². The number of nitrogens with two attached hydrogens (primary N) is 1. The number of nitrogens with one attached hydrogen (secondary N) is 2. The molecule has 0 rings (SSSR count). The SMILES string of the molecule is CCCNCC(=O)NC(C)C(N)=O. The molecule has 1 unspecified atom stereocenters. The fraction of sp³-hybridized carbons (Fsp3) is 0.750. The van der Waals surface area contributed by atoms with Crippen LogP contribution in [0.2, 0.25) is 0 Å². The molecule has 1 atom stereocenters. The van der Waals surface area contributed by atoms with Crippen LogP contribution < -0.4 is 16.4 Å². The monoisotopic (exact) mass is 187 g/mol. The molecule has 0 aromatic rings. The molecule has 0 saturated carbocycles. The van der Waals surface area contributed by atoms with E-state index in [9.17, 15) is 9.59 Å². The van der Waals surface area contributed by atoms with Crippen LogP contribution in [-0.4, -0.2) is 30.9 Å². The van der Waals surface area contributed by atoms with E-state index in [1.807, 2.05) is 6.92 Å². The zero-order valence-electron chi connectivity index (χ0n) is 8.09. The number of primary amides is 1. The third-order valence-corrected chi connectivity index (χ3v) is 1.52. The normalized spacial score (nSPS) is 12.2. The molecule has 0 fully saturated rings. The van der Waals surface area contributed by atoms with E-state index in [2.05, 4.69) is 10.6 Å². The van der Waals surface area contributed by atoms with Gasteiger partial charge in [-0.1, -0.05) is 6.92 Å². The van der Waals surface area contributed by atoms with E-state index in [0.29, 0.717) is 0 Å². The quantitative estimate of drug-likeness (QED) is 0.465. The van der Waals surface area contributed by atoms with E-state index in [1.165, 1.54) is 0 Å². The molecule has 4 N–H and O–H groups in total. The summed E-state index contributed by atoms with van der Waals surface area (Å²) in [6.45, 7) is 4.58. The van der Waals surface area contributed by atoms with Crippen LogP contribution >= 0.6 is 0 Å². The lowest BCUT2D eigenvalue weighted by molar-refractivity contribution is -0.126. The molecular formula is C8H17N3O2. The van der Waals surface area contributed by atoms with Crippen LogP contribution in [0.25, 0.3) is 0 Å². The minimum absolute atomic E-state index is 0.209. The van der Waals surface area contributed by atoms with E-state index in [4.69, 9.17) is 5.73 Å². The Morgan fingerprint density at radius 2 is 2.08 bits per heavy atom. The zero-order chi connectivity index (χ0) is 10.3. The second-order valence-electron chi connectivity index (χ2n) is 2.87. The topological polar surface area (TPSA) is 84.2 Å². The molecule has 0 aliphatic rings. The van der Waals surface area contributed by atoms with Crippen molar-refractivity contribution in [1.82, 2.24) is 10.6 Å². The van der Waals surface area contributed by atoms with Gasteiger partial charge in [-0.05, 0) is 19.9 Å². The lowest BCUT2D eigenvalue weighted by Gasteiger charge is -2.09. The summed E-state index contributed by atoms with van der Waals surface area (Å²) in [6.07, 6.45) is 0.971. The van der Waals surface area contributed by atoms with Gasteiger partial charge in [0.15, 0.2) is 0 Å². The fourth-order valence-corrected chi connectivity index (χ4v) is 0.742. The van der Waals surface area contributed by atoms with E-state index >= 15 is 0 Å². The van der Waals surface area contributed by atoms with Crippen LogP contribution in [-0.2, 0) is 9.59 Å².